The molecule has 0 aromatic heterocycles. The molecule has 1 aliphatic heterocycles. The van der Waals surface area contributed by atoms with Crippen molar-refractivity contribution in [3.8, 4) is 11.5 Å². The molecule has 0 fully saturated rings. The fraction of sp³-hybridized carbons (Fsp3) is 0.208. The molecule has 4 rings (SSSR count). The molecule has 1 atom stereocenters. The van der Waals surface area contributed by atoms with E-state index < -0.39 is 0 Å². The Kier molecular flexibility index (Phi) is 5.66. The molecule has 3 aromatic rings. The van der Waals surface area contributed by atoms with Crippen LogP contribution in [0.5, 0.6) is 11.5 Å². The van der Waals surface area contributed by atoms with Crippen molar-refractivity contribution in [1.29, 1.82) is 0 Å². The maximum atomic E-state index is 12.3. The highest BCUT2D eigenvalue weighted by atomic mass is 16.7. The fourth-order valence-electron chi connectivity index (χ4n) is 3.30. The van der Waals surface area contributed by atoms with E-state index in [1.54, 1.807) is 0 Å². The lowest BCUT2D eigenvalue weighted by Gasteiger charge is -2.16. The Bertz CT molecular complexity index is 971. The fourth-order valence-corrected chi connectivity index (χ4v) is 3.30. The van der Waals surface area contributed by atoms with Crippen molar-refractivity contribution in [3.05, 3.63) is 83.9 Å². The van der Waals surface area contributed by atoms with Gasteiger partial charge >= 0.3 is 0 Å². The molecule has 29 heavy (non-hydrogen) atoms. The SMILES string of the molecule is CC(Nc1ccc(NC(=O)CCc2ccc3c(c2)OCO3)cc1)c1ccccc1. The molecule has 1 unspecified atom stereocenters. The lowest BCUT2D eigenvalue weighted by Crippen LogP contribution is -2.12. The first-order valence-electron chi connectivity index (χ1n) is 9.77. The molecule has 0 bridgehead atoms. The zero-order valence-electron chi connectivity index (χ0n) is 16.4. The number of ether oxygens (including phenoxy) is 2. The summed E-state index contributed by atoms with van der Waals surface area (Å²) in [4.78, 5) is 12.3. The molecule has 2 N–H and O–H groups in total. The van der Waals surface area contributed by atoms with Crippen molar-refractivity contribution >= 4 is 17.3 Å². The number of nitrogens with one attached hydrogen (secondary N) is 2. The van der Waals surface area contributed by atoms with E-state index in [2.05, 4.69) is 29.7 Å². The van der Waals surface area contributed by atoms with Crippen LogP contribution in [0.4, 0.5) is 11.4 Å². The Labute approximate surface area is 170 Å². The molecule has 3 aromatic carbocycles. The third-order valence-electron chi connectivity index (χ3n) is 4.93. The molecule has 0 saturated heterocycles. The Morgan fingerprint density at radius 1 is 0.931 bits per heavy atom. The maximum absolute atomic E-state index is 12.3. The summed E-state index contributed by atoms with van der Waals surface area (Å²) >= 11 is 0. The number of fused-ring (bicyclic) bond motifs is 1. The molecular weight excluding hydrogens is 364 g/mol. The molecule has 0 aliphatic carbocycles. The van der Waals surface area contributed by atoms with Crippen LogP contribution >= 0.6 is 0 Å². The van der Waals surface area contributed by atoms with E-state index in [0.717, 1.165) is 28.4 Å². The van der Waals surface area contributed by atoms with Crippen LogP contribution in [0.15, 0.2) is 72.8 Å². The third kappa shape index (κ3) is 4.88. The normalized spacial score (nSPS) is 13.0. The predicted molar refractivity (Wildman–Crippen MR) is 114 cm³/mol. The van der Waals surface area contributed by atoms with Crippen molar-refractivity contribution < 1.29 is 14.3 Å². The summed E-state index contributed by atoms with van der Waals surface area (Å²) in [6.45, 7) is 2.38. The minimum Gasteiger partial charge on any atom is -0.454 e. The topological polar surface area (TPSA) is 59.6 Å². The number of hydrogen-bond acceptors (Lipinski definition) is 4. The van der Waals surface area contributed by atoms with Crippen molar-refractivity contribution in [1.82, 2.24) is 0 Å². The van der Waals surface area contributed by atoms with Gasteiger partial charge in [0, 0.05) is 23.8 Å². The number of carbonyl (C=O) groups excluding carboxylic acids is 1. The lowest BCUT2D eigenvalue weighted by molar-refractivity contribution is -0.116. The average molecular weight is 388 g/mol. The second kappa shape index (κ2) is 8.69. The number of carbonyl (C=O) groups is 1. The molecule has 5 nitrogen and oxygen atoms in total. The summed E-state index contributed by atoms with van der Waals surface area (Å²) in [5.41, 5.74) is 4.09. The standard InChI is InChI=1S/C24H24N2O3/c1-17(19-5-3-2-4-6-19)25-20-9-11-21(12-10-20)26-24(27)14-8-18-7-13-22-23(15-18)29-16-28-22/h2-7,9-13,15,17,25H,8,14,16H2,1H3,(H,26,27). The van der Waals surface area contributed by atoms with Crippen molar-refractivity contribution in [2.75, 3.05) is 17.4 Å². The first-order chi connectivity index (χ1) is 14.2. The van der Waals surface area contributed by atoms with Crippen LogP contribution in [0.25, 0.3) is 0 Å². The molecule has 1 amide bonds. The molecule has 0 radical (unpaired) electrons. The van der Waals surface area contributed by atoms with Gasteiger partial charge in [0.2, 0.25) is 12.7 Å². The van der Waals surface area contributed by atoms with Crippen LogP contribution in [-0.2, 0) is 11.2 Å². The summed E-state index contributed by atoms with van der Waals surface area (Å²) in [7, 11) is 0. The van der Waals surface area contributed by atoms with Crippen molar-refractivity contribution in [2.45, 2.75) is 25.8 Å². The third-order valence-corrected chi connectivity index (χ3v) is 4.93. The van der Waals surface area contributed by atoms with Gasteiger partial charge in [0.1, 0.15) is 0 Å². The van der Waals surface area contributed by atoms with Crippen LogP contribution in [-0.4, -0.2) is 12.7 Å². The summed E-state index contributed by atoms with van der Waals surface area (Å²) in [5.74, 6) is 1.49. The van der Waals surface area contributed by atoms with E-state index >= 15 is 0 Å². The minimum absolute atomic E-state index is 0.0129. The largest absolute Gasteiger partial charge is 0.454 e. The lowest BCUT2D eigenvalue weighted by atomic mass is 10.1. The number of hydrogen-bond donors (Lipinski definition) is 2. The Morgan fingerprint density at radius 2 is 1.66 bits per heavy atom. The highest BCUT2D eigenvalue weighted by Crippen LogP contribution is 2.32. The van der Waals surface area contributed by atoms with E-state index in [0.29, 0.717) is 12.8 Å². The molecule has 5 heteroatoms. The molecule has 148 valence electrons. The monoisotopic (exact) mass is 388 g/mol. The molecular formula is C24H24N2O3. The Hall–Kier alpha value is -3.47. The van der Waals surface area contributed by atoms with Gasteiger partial charge in [0.25, 0.3) is 0 Å². The van der Waals surface area contributed by atoms with Gasteiger partial charge in [-0.05, 0) is 60.9 Å². The number of anilines is 2. The van der Waals surface area contributed by atoms with Crippen molar-refractivity contribution in [3.63, 3.8) is 0 Å². The van der Waals surface area contributed by atoms with Gasteiger partial charge in [-0.15, -0.1) is 0 Å². The summed E-state index contributed by atoms with van der Waals surface area (Å²) in [6.07, 6.45) is 1.06. The van der Waals surface area contributed by atoms with Gasteiger partial charge in [-0.2, -0.15) is 0 Å². The smallest absolute Gasteiger partial charge is 0.231 e. The number of benzene rings is 3. The zero-order valence-corrected chi connectivity index (χ0v) is 16.4. The summed E-state index contributed by atoms with van der Waals surface area (Å²) in [5, 5.41) is 6.43. The highest BCUT2D eigenvalue weighted by Gasteiger charge is 2.13. The first kappa shape index (κ1) is 18.9. The van der Waals surface area contributed by atoms with Gasteiger partial charge in [-0.3, -0.25) is 4.79 Å². The van der Waals surface area contributed by atoms with Crippen LogP contribution in [0.3, 0.4) is 0 Å². The van der Waals surface area contributed by atoms with Gasteiger partial charge in [0.15, 0.2) is 11.5 Å². The van der Waals surface area contributed by atoms with Gasteiger partial charge < -0.3 is 20.1 Å². The highest BCUT2D eigenvalue weighted by molar-refractivity contribution is 5.91. The second-order valence-electron chi connectivity index (χ2n) is 7.09. The Morgan fingerprint density at radius 3 is 2.45 bits per heavy atom. The Balaban J connectivity index is 1.27. The van der Waals surface area contributed by atoms with Crippen LogP contribution in [0.1, 0.15) is 30.5 Å². The number of amides is 1. The van der Waals surface area contributed by atoms with Crippen LogP contribution < -0.4 is 20.1 Å². The van der Waals surface area contributed by atoms with E-state index in [9.17, 15) is 4.79 Å². The average Bonchev–Trinajstić information content (AvgIpc) is 3.22. The predicted octanol–water partition coefficient (Wildman–Crippen LogP) is 5.16. The van der Waals surface area contributed by atoms with Crippen LogP contribution in [0, 0.1) is 0 Å². The maximum Gasteiger partial charge on any atom is 0.231 e. The van der Waals surface area contributed by atoms with E-state index in [-0.39, 0.29) is 18.7 Å². The molecule has 1 aliphatic rings. The quantitative estimate of drug-likeness (QED) is 0.587. The molecule has 1 heterocycles. The van der Waals surface area contributed by atoms with Gasteiger partial charge in [-0.25, -0.2) is 0 Å². The van der Waals surface area contributed by atoms with Gasteiger partial charge in [0.05, 0.1) is 0 Å². The number of rotatable bonds is 7. The van der Waals surface area contributed by atoms with Crippen LogP contribution in [0.2, 0.25) is 0 Å². The molecule has 0 saturated carbocycles. The number of aryl methyl sites for hydroxylation is 1. The van der Waals surface area contributed by atoms with Gasteiger partial charge in [-0.1, -0.05) is 36.4 Å². The summed E-state index contributed by atoms with van der Waals surface area (Å²) in [6, 6.07) is 24.1. The second-order valence-corrected chi connectivity index (χ2v) is 7.09. The summed E-state index contributed by atoms with van der Waals surface area (Å²) < 4.78 is 10.7. The minimum atomic E-state index is -0.0129. The zero-order chi connectivity index (χ0) is 20.1. The molecule has 0 spiro atoms. The van der Waals surface area contributed by atoms with Crippen molar-refractivity contribution in [2.24, 2.45) is 0 Å². The van der Waals surface area contributed by atoms with E-state index in [1.165, 1.54) is 5.56 Å². The van der Waals surface area contributed by atoms with E-state index in [4.69, 9.17) is 9.47 Å². The first-order valence-corrected chi connectivity index (χ1v) is 9.77. The van der Waals surface area contributed by atoms with E-state index in [1.807, 2.05) is 60.7 Å².